The molecule has 0 aromatic heterocycles. The van der Waals surface area contributed by atoms with Crippen LogP contribution in [0.25, 0.3) is 10.8 Å². The van der Waals surface area contributed by atoms with Gasteiger partial charge in [-0.25, -0.2) is 0 Å². The van der Waals surface area contributed by atoms with Gasteiger partial charge in [-0.05, 0) is 35.4 Å². The number of hydrogen-bond donors (Lipinski definition) is 0. The van der Waals surface area contributed by atoms with Crippen LogP contribution in [-0.2, 0) is 6.54 Å². The van der Waals surface area contributed by atoms with Crippen LogP contribution in [0, 0.1) is 0 Å². The molecule has 1 heterocycles. The Morgan fingerprint density at radius 2 is 1.68 bits per heavy atom. The van der Waals surface area contributed by atoms with E-state index in [4.69, 9.17) is 9.84 Å². The molecule has 144 valence electrons. The van der Waals surface area contributed by atoms with E-state index >= 15 is 0 Å². The van der Waals surface area contributed by atoms with E-state index in [1.807, 2.05) is 18.2 Å². The van der Waals surface area contributed by atoms with Gasteiger partial charge in [-0.15, -0.1) is 0 Å². The van der Waals surface area contributed by atoms with Crippen LogP contribution in [0.15, 0.2) is 71.8 Å². The van der Waals surface area contributed by atoms with Crippen LogP contribution in [0.3, 0.4) is 0 Å². The molecular weight excluding hydrogens is 346 g/mol. The monoisotopic (exact) mass is 373 g/mol. The fourth-order valence-electron chi connectivity index (χ4n) is 3.78. The van der Waals surface area contributed by atoms with E-state index in [-0.39, 0.29) is 0 Å². The normalized spacial score (nSPS) is 15.8. The van der Waals surface area contributed by atoms with Crippen molar-refractivity contribution in [3.8, 4) is 5.75 Å². The summed E-state index contributed by atoms with van der Waals surface area (Å²) in [6.45, 7) is 7.01. The molecule has 0 amide bonds. The van der Waals surface area contributed by atoms with Gasteiger partial charge in [0.25, 0.3) is 0 Å². The van der Waals surface area contributed by atoms with Crippen molar-refractivity contribution in [2.75, 3.05) is 33.3 Å². The molecule has 3 aromatic rings. The predicted molar refractivity (Wildman–Crippen MR) is 116 cm³/mol. The van der Waals surface area contributed by atoms with Gasteiger partial charge in [0, 0.05) is 38.3 Å². The van der Waals surface area contributed by atoms with Crippen molar-refractivity contribution in [2.24, 2.45) is 5.10 Å². The Kier molecular flexibility index (Phi) is 5.58. The Balaban J connectivity index is 1.39. The maximum atomic E-state index is 5.32. The zero-order valence-corrected chi connectivity index (χ0v) is 16.6. The van der Waals surface area contributed by atoms with Crippen molar-refractivity contribution in [3.63, 3.8) is 0 Å². The summed E-state index contributed by atoms with van der Waals surface area (Å²) in [6.07, 6.45) is 0. The van der Waals surface area contributed by atoms with Crippen LogP contribution in [-0.4, -0.2) is 48.9 Å². The summed E-state index contributed by atoms with van der Waals surface area (Å²) in [5.41, 5.74) is 3.54. The number of fused-ring (bicyclic) bond motifs is 1. The molecule has 1 saturated heterocycles. The Bertz CT molecular complexity index is 969. The Hall–Kier alpha value is -2.85. The minimum Gasteiger partial charge on any atom is -0.497 e. The van der Waals surface area contributed by atoms with Crippen molar-refractivity contribution in [2.45, 2.75) is 13.5 Å². The van der Waals surface area contributed by atoms with Crippen LogP contribution >= 0.6 is 0 Å². The molecule has 4 rings (SSSR count). The van der Waals surface area contributed by atoms with Gasteiger partial charge in [0.1, 0.15) is 5.75 Å². The van der Waals surface area contributed by atoms with Gasteiger partial charge < -0.3 is 4.74 Å². The van der Waals surface area contributed by atoms with E-state index in [0.717, 1.165) is 49.7 Å². The van der Waals surface area contributed by atoms with Crippen molar-refractivity contribution in [1.82, 2.24) is 9.91 Å². The minimum absolute atomic E-state index is 0.868. The molecule has 0 radical (unpaired) electrons. The summed E-state index contributed by atoms with van der Waals surface area (Å²) in [7, 11) is 1.70. The fraction of sp³-hybridized carbons (Fsp3) is 0.292. The second-order valence-corrected chi connectivity index (χ2v) is 7.29. The van der Waals surface area contributed by atoms with E-state index in [1.54, 1.807) is 7.11 Å². The van der Waals surface area contributed by atoms with Crippen molar-refractivity contribution < 1.29 is 4.74 Å². The molecule has 3 aromatic carbocycles. The number of hydrogen-bond acceptors (Lipinski definition) is 4. The first-order chi connectivity index (χ1) is 13.7. The van der Waals surface area contributed by atoms with E-state index in [0.29, 0.717) is 0 Å². The topological polar surface area (TPSA) is 28.1 Å². The lowest BCUT2D eigenvalue weighted by Crippen LogP contribution is -2.43. The summed E-state index contributed by atoms with van der Waals surface area (Å²) in [5, 5.41) is 9.71. The molecular formula is C24H27N3O. The zero-order chi connectivity index (χ0) is 19.3. The van der Waals surface area contributed by atoms with E-state index in [1.165, 1.54) is 16.3 Å². The quantitative estimate of drug-likeness (QED) is 0.621. The lowest BCUT2D eigenvalue weighted by Gasteiger charge is -2.33. The number of benzene rings is 3. The van der Waals surface area contributed by atoms with Gasteiger partial charge in [-0.3, -0.25) is 9.91 Å². The largest absolute Gasteiger partial charge is 0.497 e. The second kappa shape index (κ2) is 8.44. The number of ether oxygens (including phenoxy) is 1. The van der Waals surface area contributed by atoms with Gasteiger partial charge >= 0.3 is 0 Å². The Morgan fingerprint density at radius 3 is 2.50 bits per heavy atom. The van der Waals surface area contributed by atoms with Crippen molar-refractivity contribution in [1.29, 1.82) is 0 Å². The molecule has 1 fully saturated rings. The summed E-state index contributed by atoms with van der Waals surface area (Å²) in [4.78, 5) is 2.52. The van der Waals surface area contributed by atoms with Crippen LogP contribution in [0.2, 0.25) is 0 Å². The smallest absolute Gasteiger partial charge is 0.119 e. The van der Waals surface area contributed by atoms with Gasteiger partial charge in [0.05, 0.1) is 12.8 Å². The lowest BCUT2D eigenvalue weighted by atomic mass is 10.0. The van der Waals surface area contributed by atoms with E-state index in [2.05, 4.69) is 65.4 Å². The first kappa shape index (κ1) is 18.5. The first-order valence-corrected chi connectivity index (χ1v) is 9.86. The number of rotatable bonds is 5. The first-order valence-electron chi connectivity index (χ1n) is 9.86. The Labute approximate surface area is 167 Å². The molecule has 0 unspecified atom stereocenters. The average molecular weight is 374 g/mol. The number of hydrazone groups is 1. The molecule has 4 heteroatoms. The zero-order valence-electron chi connectivity index (χ0n) is 16.6. The second-order valence-electron chi connectivity index (χ2n) is 7.29. The molecule has 1 aliphatic rings. The third-order valence-electron chi connectivity index (χ3n) is 5.40. The molecule has 4 nitrogen and oxygen atoms in total. The lowest BCUT2D eigenvalue weighted by molar-refractivity contribution is 0.131. The number of nitrogens with zero attached hydrogens (tertiary/aromatic N) is 3. The van der Waals surface area contributed by atoms with Gasteiger partial charge in [0.15, 0.2) is 0 Å². The Morgan fingerprint density at radius 1 is 0.929 bits per heavy atom. The number of piperazine rings is 1. The fourth-order valence-corrected chi connectivity index (χ4v) is 3.78. The predicted octanol–water partition coefficient (Wildman–Crippen LogP) is 4.39. The number of methoxy groups -OCH3 is 1. The summed E-state index contributed by atoms with van der Waals surface area (Å²) in [5.74, 6) is 0.868. The highest BCUT2D eigenvalue weighted by Gasteiger charge is 2.17. The van der Waals surface area contributed by atoms with Gasteiger partial charge in [0.2, 0.25) is 0 Å². The molecule has 28 heavy (non-hydrogen) atoms. The maximum absolute atomic E-state index is 5.32. The average Bonchev–Trinajstić information content (AvgIpc) is 2.75. The van der Waals surface area contributed by atoms with Crippen molar-refractivity contribution in [3.05, 3.63) is 77.9 Å². The minimum atomic E-state index is 0.868. The van der Waals surface area contributed by atoms with Crippen LogP contribution in [0.4, 0.5) is 0 Å². The summed E-state index contributed by atoms with van der Waals surface area (Å²) >= 11 is 0. The molecule has 0 aliphatic carbocycles. The third-order valence-corrected chi connectivity index (χ3v) is 5.40. The molecule has 0 bridgehead atoms. The van der Waals surface area contributed by atoms with Crippen LogP contribution < -0.4 is 4.74 Å². The highest BCUT2D eigenvalue weighted by molar-refractivity contribution is 5.98. The van der Waals surface area contributed by atoms with Crippen molar-refractivity contribution >= 4 is 16.5 Å². The van der Waals surface area contributed by atoms with E-state index in [9.17, 15) is 0 Å². The summed E-state index contributed by atoms with van der Waals surface area (Å²) in [6, 6.07) is 23.3. The highest BCUT2D eigenvalue weighted by atomic mass is 16.5. The third kappa shape index (κ3) is 4.18. The highest BCUT2D eigenvalue weighted by Crippen LogP contribution is 2.21. The standard InChI is InChI=1S/C24H27N3O/c1-19(21-9-6-11-23(17-21)28-2)25-27-15-13-26(14-16-27)18-22-10-5-8-20-7-3-4-12-24(20)22/h3-12,17H,13-16,18H2,1-2H3/b25-19-. The van der Waals surface area contributed by atoms with Crippen LogP contribution in [0.5, 0.6) is 5.75 Å². The maximum Gasteiger partial charge on any atom is 0.119 e. The van der Waals surface area contributed by atoms with E-state index < -0.39 is 0 Å². The van der Waals surface area contributed by atoms with Gasteiger partial charge in [-0.1, -0.05) is 54.6 Å². The SMILES string of the molecule is COc1cccc(/C(C)=N\N2CCN(Cc3cccc4ccccc34)CC2)c1. The molecule has 0 spiro atoms. The van der Waals surface area contributed by atoms with Crippen LogP contribution in [0.1, 0.15) is 18.1 Å². The molecule has 0 atom stereocenters. The molecule has 0 saturated carbocycles. The summed E-state index contributed by atoms with van der Waals surface area (Å²) < 4.78 is 5.32. The molecule has 0 N–H and O–H groups in total. The van der Waals surface area contributed by atoms with Gasteiger partial charge in [-0.2, -0.15) is 5.10 Å². The molecule has 1 aliphatic heterocycles.